The van der Waals surface area contributed by atoms with E-state index in [1.165, 1.54) is 11.1 Å². The van der Waals surface area contributed by atoms with Gasteiger partial charge in [-0.3, -0.25) is 4.79 Å². The highest BCUT2D eigenvalue weighted by Crippen LogP contribution is 2.33. The van der Waals surface area contributed by atoms with Gasteiger partial charge in [0.05, 0.1) is 28.2 Å². The summed E-state index contributed by atoms with van der Waals surface area (Å²) >= 11 is 18.7. The van der Waals surface area contributed by atoms with Gasteiger partial charge in [0.25, 0.3) is 5.91 Å². The fourth-order valence-electron chi connectivity index (χ4n) is 4.07. The van der Waals surface area contributed by atoms with Crippen molar-refractivity contribution in [2.24, 2.45) is 0 Å². The smallest absolute Gasteiger partial charge is 0.258 e. The highest BCUT2D eigenvalue weighted by Gasteiger charge is 2.27. The van der Waals surface area contributed by atoms with Gasteiger partial charge in [0.15, 0.2) is 0 Å². The zero-order valence-electron chi connectivity index (χ0n) is 16.9. The van der Waals surface area contributed by atoms with Gasteiger partial charge in [-0.25, -0.2) is 4.68 Å². The van der Waals surface area contributed by atoms with Crippen molar-refractivity contribution >= 4 is 40.7 Å². The van der Waals surface area contributed by atoms with Crippen LogP contribution in [0, 0.1) is 0 Å². The first-order valence-corrected chi connectivity index (χ1v) is 11.3. The molecule has 4 aromatic rings. The summed E-state index contributed by atoms with van der Waals surface area (Å²) in [4.78, 5) is 15.5. The maximum Gasteiger partial charge on any atom is 0.258 e. The number of aromatic nitrogens is 2. The Bertz CT molecular complexity index is 1310. The van der Waals surface area contributed by atoms with Crippen molar-refractivity contribution in [2.75, 3.05) is 6.54 Å². The number of benzene rings is 3. The standard InChI is InChI=1S/C25H18Cl3N3O/c26-19-7-5-17(6-8-19)24-21(14-29-31(24)23-10-9-20(27)13-22(23)28)25(32)30-12-11-16-3-1-2-4-18(16)15-30/h1-10,13-14H,11-12,15H2. The maximum atomic E-state index is 13.6. The molecule has 7 heteroatoms. The molecular weight excluding hydrogens is 465 g/mol. The molecule has 5 rings (SSSR count). The summed E-state index contributed by atoms with van der Waals surface area (Å²) in [7, 11) is 0. The lowest BCUT2D eigenvalue weighted by molar-refractivity contribution is 0.0735. The molecule has 32 heavy (non-hydrogen) atoms. The van der Waals surface area contributed by atoms with Crippen molar-refractivity contribution in [3.63, 3.8) is 0 Å². The molecule has 1 amide bonds. The van der Waals surface area contributed by atoms with E-state index >= 15 is 0 Å². The van der Waals surface area contributed by atoms with Crippen LogP contribution >= 0.6 is 34.8 Å². The first kappa shape index (κ1) is 21.1. The van der Waals surface area contributed by atoms with Gasteiger partial charge in [0.2, 0.25) is 0 Å². The van der Waals surface area contributed by atoms with Gasteiger partial charge in [0, 0.05) is 28.7 Å². The largest absolute Gasteiger partial charge is 0.334 e. The molecule has 0 spiro atoms. The average molecular weight is 483 g/mol. The molecule has 3 aromatic carbocycles. The fourth-order valence-corrected chi connectivity index (χ4v) is 4.68. The number of amides is 1. The zero-order valence-corrected chi connectivity index (χ0v) is 19.2. The van der Waals surface area contributed by atoms with Crippen LogP contribution in [0.15, 0.2) is 72.9 Å². The third-order valence-electron chi connectivity index (χ3n) is 5.67. The van der Waals surface area contributed by atoms with Gasteiger partial charge < -0.3 is 4.90 Å². The third-order valence-corrected chi connectivity index (χ3v) is 6.46. The van der Waals surface area contributed by atoms with Gasteiger partial charge in [0.1, 0.15) is 0 Å². The zero-order chi connectivity index (χ0) is 22.2. The van der Waals surface area contributed by atoms with Crippen molar-refractivity contribution in [3.05, 3.63) is 105 Å². The molecule has 0 radical (unpaired) electrons. The Morgan fingerprint density at radius 2 is 1.59 bits per heavy atom. The van der Waals surface area contributed by atoms with E-state index in [4.69, 9.17) is 34.8 Å². The lowest BCUT2D eigenvalue weighted by Crippen LogP contribution is -2.36. The summed E-state index contributed by atoms with van der Waals surface area (Å²) in [6.07, 6.45) is 2.44. The van der Waals surface area contributed by atoms with Gasteiger partial charge in [-0.1, -0.05) is 71.2 Å². The molecule has 0 saturated heterocycles. The maximum absolute atomic E-state index is 13.6. The minimum Gasteiger partial charge on any atom is -0.334 e. The molecule has 0 aliphatic carbocycles. The van der Waals surface area contributed by atoms with Gasteiger partial charge in [-0.15, -0.1) is 0 Å². The normalized spacial score (nSPS) is 13.2. The molecular formula is C25H18Cl3N3O. The van der Waals surface area contributed by atoms with Gasteiger partial charge in [-0.05, 0) is 47.9 Å². The van der Waals surface area contributed by atoms with Crippen LogP contribution in [0.5, 0.6) is 0 Å². The van der Waals surface area contributed by atoms with Crippen molar-refractivity contribution < 1.29 is 4.79 Å². The van der Waals surface area contributed by atoms with Crippen LogP contribution in [-0.4, -0.2) is 27.1 Å². The average Bonchev–Trinajstić information content (AvgIpc) is 3.23. The van der Waals surface area contributed by atoms with Crippen LogP contribution in [0.4, 0.5) is 0 Å². The minimum absolute atomic E-state index is 0.0687. The van der Waals surface area contributed by atoms with E-state index in [9.17, 15) is 4.79 Å². The SMILES string of the molecule is O=C(c1cnn(-c2ccc(Cl)cc2Cl)c1-c1ccc(Cl)cc1)N1CCc2ccccc2C1. The van der Waals surface area contributed by atoms with Crippen LogP contribution in [0.1, 0.15) is 21.5 Å². The number of nitrogens with zero attached hydrogens (tertiary/aromatic N) is 3. The third kappa shape index (κ3) is 3.90. The minimum atomic E-state index is -0.0687. The van der Waals surface area contributed by atoms with Crippen LogP contribution in [0.3, 0.4) is 0 Å². The molecule has 0 unspecified atom stereocenters. The van der Waals surface area contributed by atoms with Crippen LogP contribution < -0.4 is 0 Å². The molecule has 0 N–H and O–H groups in total. The van der Waals surface area contributed by atoms with E-state index in [0.717, 1.165) is 12.0 Å². The van der Waals surface area contributed by atoms with Crippen LogP contribution in [0.2, 0.25) is 15.1 Å². The van der Waals surface area contributed by atoms with E-state index in [-0.39, 0.29) is 5.91 Å². The summed E-state index contributed by atoms with van der Waals surface area (Å²) in [5.74, 6) is -0.0687. The second-order valence-corrected chi connectivity index (χ2v) is 8.95. The molecule has 1 aromatic heterocycles. The Kier molecular flexibility index (Phi) is 5.68. The Morgan fingerprint density at radius 3 is 2.34 bits per heavy atom. The number of rotatable bonds is 3. The summed E-state index contributed by atoms with van der Waals surface area (Å²) in [5, 5.41) is 6.14. The summed E-state index contributed by atoms with van der Waals surface area (Å²) in [6, 6.07) is 20.8. The molecule has 2 heterocycles. The second kappa shape index (κ2) is 8.62. The highest BCUT2D eigenvalue weighted by atomic mass is 35.5. The number of hydrogen-bond acceptors (Lipinski definition) is 2. The van der Waals surface area contributed by atoms with E-state index < -0.39 is 0 Å². The summed E-state index contributed by atoms with van der Waals surface area (Å²) < 4.78 is 1.69. The molecule has 4 nitrogen and oxygen atoms in total. The quantitative estimate of drug-likeness (QED) is 0.326. The lowest BCUT2D eigenvalue weighted by atomic mass is 9.99. The first-order valence-electron chi connectivity index (χ1n) is 10.2. The van der Waals surface area contributed by atoms with E-state index in [1.807, 2.05) is 29.2 Å². The Hall–Kier alpha value is -2.79. The van der Waals surface area contributed by atoms with Crippen molar-refractivity contribution in [3.8, 4) is 16.9 Å². The van der Waals surface area contributed by atoms with Crippen molar-refractivity contribution in [1.82, 2.24) is 14.7 Å². The van der Waals surface area contributed by atoms with Crippen LogP contribution in [-0.2, 0) is 13.0 Å². The number of hydrogen-bond donors (Lipinski definition) is 0. The number of carbonyl (C=O) groups excluding carboxylic acids is 1. The predicted molar refractivity (Wildman–Crippen MR) is 129 cm³/mol. The number of fused-ring (bicyclic) bond motifs is 1. The monoisotopic (exact) mass is 481 g/mol. The van der Waals surface area contributed by atoms with Crippen LogP contribution in [0.25, 0.3) is 16.9 Å². The molecule has 1 aliphatic rings. The summed E-state index contributed by atoms with van der Waals surface area (Å²) in [6.45, 7) is 1.23. The molecule has 0 fully saturated rings. The fraction of sp³-hybridized carbons (Fsp3) is 0.120. The predicted octanol–water partition coefficient (Wildman–Crippen LogP) is 6.70. The topological polar surface area (TPSA) is 38.1 Å². The number of carbonyl (C=O) groups is 1. The Balaban J connectivity index is 1.60. The van der Waals surface area contributed by atoms with Gasteiger partial charge in [-0.2, -0.15) is 5.10 Å². The van der Waals surface area contributed by atoms with Crippen molar-refractivity contribution in [2.45, 2.75) is 13.0 Å². The van der Waals surface area contributed by atoms with E-state index in [1.54, 1.807) is 41.2 Å². The molecule has 0 saturated carbocycles. The van der Waals surface area contributed by atoms with E-state index in [0.29, 0.717) is 45.1 Å². The molecule has 0 bridgehead atoms. The number of halogens is 3. The molecule has 1 aliphatic heterocycles. The second-order valence-electron chi connectivity index (χ2n) is 7.67. The molecule has 160 valence electrons. The Labute approximate surface area is 200 Å². The van der Waals surface area contributed by atoms with Crippen molar-refractivity contribution in [1.29, 1.82) is 0 Å². The van der Waals surface area contributed by atoms with E-state index in [2.05, 4.69) is 17.2 Å². The summed E-state index contributed by atoms with van der Waals surface area (Å²) in [5.41, 5.74) is 5.10. The lowest BCUT2D eigenvalue weighted by Gasteiger charge is -2.29. The Morgan fingerprint density at radius 1 is 0.875 bits per heavy atom. The van der Waals surface area contributed by atoms with Gasteiger partial charge >= 0.3 is 0 Å². The highest BCUT2D eigenvalue weighted by molar-refractivity contribution is 6.35. The molecule has 0 atom stereocenters. The first-order chi connectivity index (χ1) is 15.5.